The van der Waals surface area contributed by atoms with Gasteiger partial charge in [-0.3, -0.25) is 4.79 Å². The second-order valence-corrected chi connectivity index (χ2v) is 7.16. The normalized spacial score (nSPS) is 22.0. The lowest BCUT2D eigenvalue weighted by molar-refractivity contribution is -0.117. The fourth-order valence-electron chi connectivity index (χ4n) is 3.07. The van der Waals surface area contributed by atoms with Crippen LogP contribution >= 0.6 is 23.2 Å². The van der Waals surface area contributed by atoms with Crippen LogP contribution in [0.2, 0.25) is 0 Å². The SMILES string of the molecule is O=C(Nc1ccc2c3c(cccc13)CC2)[C@H]1CC1(Cl)Cl. The number of hydrogen-bond donors (Lipinski definition) is 1. The molecule has 0 bridgehead atoms. The maximum absolute atomic E-state index is 12.1. The van der Waals surface area contributed by atoms with Crippen molar-refractivity contribution in [3.05, 3.63) is 41.5 Å². The van der Waals surface area contributed by atoms with Crippen LogP contribution < -0.4 is 5.32 Å². The zero-order valence-electron chi connectivity index (χ0n) is 10.7. The first-order valence-electron chi connectivity index (χ1n) is 6.78. The Hall–Kier alpha value is -1.25. The average molecular weight is 306 g/mol. The molecule has 1 saturated carbocycles. The molecule has 2 nitrogen and oxygen atoms in total. The molecule has 2 aromatic carbocycles. The topological polar surface area (TPSA) is 29.1 Å². The van der Waals surface area contributed by atoms with Crippen molar-refractivity contribution < 1.29 is 4.79 Å². The fourth-order valence-corrected chi connectivity index (χ4v) is 3.58. The predicted molar refractivity (Wildman–Crippen MR) is 82.5 cm³/mol. The molecule has 0 radical (unpaired) electrons. The molecule has 102 valence electrons. The van der Waals surface area contributed by atoms with Crippen LogP contribution in [0.4, 0.5) is 5.69 Å². The summed E-state index contributed by atoms with van der Waals surface area (Å²) in [5.41, 5.74) is 3.58. The molecule has 1 N–H and O–H groups in total. The van der Waals surface area contributed by atoms with Crippen LogP contribution in [0.25, 0.3) is 10.8 Å². The van der Waals surface area contributed by atoms with Crippen molar-refractivity contribution in [2.75, 3.05) is 5.32 Å². The first-order valence-corrected chi connectivity index (χ1v) is 7.54. The number of halogens is 2. The molecule has 1 amide bonds. The summed E-state index contributed by atoms with van der Waals surface area (Å²) in [4.78, 5) is 12.1. The molecular weight excluding hydrogens is 293 g/mol. The minimum Gasteiger partial charge on any atom is -0.325 e. The van der Waals surface area contributed by atoms with Crippen molar-refractivity contribution >= 4 is 45.6 Å². The third kappa shape index (κ3) is 1.82. The highest BCUT2D eigenvalue weighted by atomic mass is 35.5. The van der Waals surface area contributed by atoms with E-state index < -0.39 is 4.33 Å². The smallest absolute Gasteiger partial charge is 0.230 e. The number of rotatable bonds is 2. The summed E-state index contributed by atoms with van der Waals surface area (Å²) >= 11 is 11.9. The minimum absolute atomic E-state index is 0.0892. The molecule has 2 aliphatic carbocycles. The van der Waals surface area contributed by atoms with E-state index in [4.69, 9.17) is 23.2 Å². The summed E-state index contributed by atoms with van der Waals surface area (Å²) in [6, 6.07) is 10.4. The van der Waals surface area contributed by atoms with E-state index in [1.54, 1.807) is 0 Å². The minimum atomic E-state index is -0.876. The van der Waals surface area contributed by atoms with Crippen molar-refractivity contribution in [2.45, 2.75) is 23.6 Å². The second kappa shape index (κ2) is 4.12. The standard InChI is InChI=1S/C16H13Cl2NO/c17-16(18)8-12(16)15(20)19-13-7-6-10-5-4-9-2-1-3-11(13)14(9)10/h1-3,6-7,12H,4-5,8H2,(H,19,20)/t12-/m1/s1. The van der Waals surface area contributed by atoms with Gasteiger partial charge in [0.15, 0.2) is 0 Å². The van der Waals surface area contributed by atoms with Crippen molar-refractivity contribution in [1.82, 2.24) is 0 Å². The maximum atomic E-state index is 12.1. The van der Waals surface area contributed by atoms with Gasteiger partial charge in [0.1, 0.15) is 4.33 Å². The van der Waals surface area contributed by atoms with Crippen LogP contribution in [0.15, 0.2) is 30.3 Å². The van der Waals surface area contributed by atoms with Crippen molar-refractivity contribution in [1.29, 1.82) is 0 Å². The van der Waals surface area contributed by atoms with Gasteiger partial charge in [-0.15, -0.1) is 23.2 Å². The Kier molecular flexibility index (Phi) is 2.57. The van der Waals surface area contributed by atoms with Crippen molar-refractivity contribution in [3.63, 3.8) is 0 Å². The number of nitrogens with one attached hydrogen (secondary N) is 1. The molecule has 20 heavy (non-hydrogen) atoms. The van der Waals surface area contributed by atoms with Crippen LogP contribution in [0.5, 0.6) is 0 Å². The third-order valence-electron chi connectivity index (χ3n) is 4.28. The third-order valence-corrected chi connectivity index (χ3v) is 5.11. The van der Waals surface area contributed by atoms with E-state index in [1.807, 2.05) is 12.1 Å². The van der Waals surface area contributed by atoms with E-state index in [9.17, 15) is 4.79 Å². The molecular formula is C16H13Cl2NO. The summed E-state index contributed by atoms with van der Waals surface area (Å²) in [5, 5.41) is 5.38. The molecule has 4 rings (SSSR count). The number of hydrogen-bond acceptors (Lipinski definition) is 1. The summed E-state index contributed by atoms with van der Waals surface area (Å²) < 4.78 is -0.876. The largest absolute Gasteiger partial charge is 0.325 e. The van der Waals surface area contributed by atoms with E-state index in [1.165, 1.54) is 16.5 Å². The summed E-state index contributed by atoms with van der Waals surface area (Å²) in [5.74, 6) is -0.387. The lowest BCUT2D eigenvalue weighted by Crippen LogP contribution is -2.17. The molecule has 0 spiro atoms. The second-order valence-electron chi connectivity index (χ2n) is 5.62. The predicted octanol–water partition coefficient (Wildman–Crippen LogP) is 4.07. The van der Waals surface area contributed by atoms with Gasteiger partial charge in [-0.05, 0) is 41.8 Å². The van der Waals surface area contributed by atoms with Crippen LogP contribution in [0, 0.1) is 5.92 Å². The van der Waals surface area contributed by atoms with Gasteiger partial charge in [0.2, 0.25) is 5.91 Å². The lowest BCUT2D eigenvalue weighted by atomic mass is 10.0. The van der Waals surface area contributed by atoms with Gasteiger partial charge in [0, 0.05) is 11.1 Å². The Labute approximate surface area is 127 Å². The number of carbonyl (C=O) groups excluding carboxylic acids is 1. The van der Waals surface area contributed by atoms with E-state index >= 15 is 0 Å². The Morgan fingerprint density at radius 2 is 1.85 bits per heavy atom. The average Bonchev–Trinajstić information content (AvgIpc) is 2.88. The first kappa shape index (κ1) is 12.5. The van der Waals surface area contributed by atoms with Gasteiger partial charge >= 0.3 is 0 Å². The number of benzene rings is 2. The quantitative estimate of drug-likeness (QED) is 0.833. The van der Waals surface area contributed by atoms with Crippen molar-refractivity contribution in [2.24, 2.45) is 5.92 Å². The molecule has 0 saturated heterocycles. The van der Waals surface area contributed by atoms with Gasteiger partial charge in [-0.2, -0.15) is 0 Å². The first-order chi connectivity index (χ1) is 9.56. The molecule has 2 aliphatic rings. The van der Waals surface area contributed by atoms with E-state index in [0.29, 0.717) is 6.42 Å². The highest BCUT2D eigenvalue weighted by Crippen LogP contribution is 2.53. The number of aryl methyl sites for hydroxylation is 2. The van der Waals surface area contributed by atoms with Gasteiger partial charge in [-0.1, -0.05) is 24.3 Å². The molecule has 0 unspecified atom stereocenters. The van der Waals surface area contributed by atoms with E-state index in [0.717, 1.165) is 23.9 Å². The Balaban J connectivity index is 1.73. The zero-order chi connectivity index (χ0) is 13.9. The fraction of sp³-hybridized carbons (Fsp3) is 0.312. The van der Waals surface area contributed by atoms with Crippen LogP contribution in [-0.4, -0.2) is 10.2 Å². The molecule has 0 aliphatic heterocycles. The molecule has 2 aromatic rings. The Bertz CT molecular complexity index is 728. The van der Waals surface area contributed by atoms with Gasteiger partial charge in [0.25, 0.3) is 0 Å². The highest BCUT2D eigenvalue weighted by Gasteiger charge is 2.56. The highest BCUT2D eigenvalue weighted by molar-refractivity contribution is 6.52. The van der Waals surface area contributed by atoms with Crippen LogP contribution in [0.1, 0.15) is 17.5 Å². The molecule has 0 aromatic heterocycles. The molecule has 0 heterocycles. The van der Waals surface area contributed by atoms with E-state index in [2.05, 4.69) is 23.5 Å². The zero-order valence-corrected chi connectivity index (χ0v) is 12.3. The number of carbonyl (C=O) groups is 1. The Morgan fingerprint density at radius 3 is 2.55 bits per heavy atom. The number of alkyl halides is 2. The lowest BCUT2D eigenvalue weighted by Gasteiger charge is -2.10. The summed E-state index contributed by atoms with van der Waals surface area (Å²) in [6.45, 7) is 0. The van der Waals surface area contributed by atoms with Crippen LogP contribution in [0.3, 0.4) is 0 Å². The van der Waals surface area contributed by atoms with Gasteiger partial charge in [0.05, 0.1) is 5.92 Å². The summed E-state index contributed by atoms with van der Waals surface area (Å²) in [6.07, 6.45) is 2.70. The monoisotopic (exact) mass is 305 g/mol. The number of amides is 1. The van der Waals surface area contributed by atoms with Gasteiger partial charge in [-0.25, -0.2) is 0 Å². The molecule has 4 heteroatoms. The van der Waals surface area contributed by atoms with Crippen molar-refractivity contribution in [3.8, 4) is 0 Å². The van der Waals surface area contributed by atoms with Gasteiger partial charge < -0.3 is 5.32 Å². The number of anilines is 1. The summed E-state index contributed by atoms with van der Waals surface area (Å²) in [7, 11) is 0. The van der Waals surface area contributed by atoms with E-state index in [-0.39, 0.29) is 11.8 Å². The molecule has 1 fully saturated rings. The Morgan fingerprint density at radius 1 is 1.15 bits per heavy atom. The maximum Gasteiger partial charge on any atom is 0.230 e. The van der Waals surface area contributed by atoms with Crippen LogP contribution in [-0.2, 0) is 17.6 Å². The molecule has 1 atom stereocenters.